The highest BCUT2D eigenvalue weighted by molar-refractivity contribution is 5.88. The van der Waals surface area contributed by atoms with Gasteiger partial charge in [-0.15, -0.1) is 0 Å². The van der Waals surface area contributed by atoms with E-state index in [1.54, 1.807) is 0 Å². The van der Waals surface area contributed by atoms with Crippen molar-refractivity contribution in [3.63, 3.8) is 0 Å². The van der Waals surface area contributed by atoms with Crippen molar-refractivity contribution in [3.05, 3.63) is 11.1 Å². The monoisotopic (exact) mass is 336 g/mol. The third kappa shape index (κ3) is 6.29. The molecule has 136 valence electrons. The summed E-state index contributed by atoms with van der Waals surface area (Å²) in [6, 6.07) is 0. The third-order valence-electron chi connectivity index (χ3n) is 5.79. The van der Waals surface area contributed by atoms with E-state index in [4.69, 9.17) is 5.11 Å². The van der Waals surface area contributed by atoms with Gasteiger partial charge in [0.2, 0.25) is 0 Å². The Kier molecular flexibility index (Phi) is 7.80. The summed E-state index contributed by atoms with van der Waals surface area (Å²) in [5, 5.41) is 18.6. The van der Waals surface area contributed by atoms with Gasteiger partial charge in [-0.1, -0.05) is 69.8 Å². The molecule has 0 heterocycles. The van der Waals surface area contributed by atoms with E-state index in [1.165, 1.54) is 64.2 Å². The molecule has 0 saturated heterocycles. The van der Waals surface area contributed by atoms with Gasteiger partial charge in [-0.2, -0.15) is 0 Å². The molecular weight excluding hydrogens is 304 g/mol. The van der Waals surface area contributed by atoms with Gasteiger partial charge in [0, 0.05) is 12.0 Å². The number of allylic oxidation sites excluding steroid dienone is 1. The van der Waals surface area contributed by atoms with Gasteiger partial charge >= 0.3 is 11.9 Å². The van der Waals surface area contributed by atoms with Crippen molar-refractivity contribution < 1.29 is 19.8 Å². The zero-order chi connectivity index (χ0) is 17.4. The number of aliphatic carboxylic acids is 2. The average molecular weight is 336 g/mol. The zero-order valence-corrected chi connectivity index (χ0v) is 14.8. The zero-order valence-electron chi connectivity index (χ0n) is 14.8. The molecule has 0 bridgehead atoms. The SMILES string of the molecule is O=C(O)CCC(C(=O)O)=C(CC1CCCCC1)CC1CCCCC1. The largest absolute Gasteiger partial charge is 0.481 e. The Balaban J connectivity index is 2.13. The van der Waals surface area contributed by atoms with Crippen molar-refractivity contribution in [3.8, 4) is 0 Å². The summed E-state index contributed by atoms with van der Waals surface area (Å²) in [6.45, 7) is 0. The first kappa shape index (κ1) is 19.0. The summed E-state index contributed by atoms with van der Waals surface area (Å²) in [4.78, 5) is 22.7. The predicted molar refractivity (Wildman–Crippen MR) is 93.9 cm³/mol. The number of carboxylic acid groups (broad SMARTS) is 2. The van der Waals surface area contributed by atoms with Crippen LogP contribution in [0, 0.1) is 11.8 Å². The first-order chi connectivity index (χ1) is 11.6. The maximum atomic E-state index is 11.8. The minimum atomic E-state index is -0.913. The molecular formula is C20H32O4. The molecule has 0 amide bonds. The quantitative estimate of drug-likeness (QED) is 0.599. The molecule has 0 spiro atoms. The summed E-state index contributed by atoms with van der Waals surface area (Å²) in [6.07, 6.45) is 14.2. The molecule has 2 rings (SSSR count). The van der Waals surface area contributed by atoms with Gasteiger partial charge in [-0.05, 0) is 31.1 Å². The van der Waals surface area contributed by atoms with E-state index in [9.17, 15) is 14.7 Å². The van der Waals surface area contributed by atoms with Gasteiger partial charge in [-0.3, -0.25) is 4.79 Å². The maximum absolute atomic E-state index is 11.8. The van der Waals surface area contributed by atoms with Crippen molar-refractivity contribution in [2.45, 2.75) is 89.9 Å². The molecule has 0 radical (unpaired) electrons. The lowest BCUT2D eigenvalue weighted by atomic mass is 9.78. The lowest BCUT2D eigenvalue weighted by molar-refractivity contribution is -0.137. The molecule has 2 saturated carbocycles. The summed E-state index contributed by atoms with van der Waals surface area (Å²) < 4.78 is 0. The van der Waals surface area contributed by atoms with Crippen LogP contribution in [0.1, 0.15) is 89.9 Å². The van der Waals surface area contributed by atoms with E-state index in [-0.39, 0.29) is 12.8 Å². The fourth-order valence-corrected chi connectivity index (χ4v) is 4.48. The van der Waals surface area contributed by atoms with E-state index in [1.807, 2.05) is 0 Å². The van der Waals surface area contributed by atoms with Crippen LogP contribution in [-0.2, 0) is 9.59 Å². The number of rotatable bonds is 8. The van der Waals surface area contributed by atoms with Crippen LogP contribution in [0.3, 0.4) is 0 Å². The minimum Gasteiger partial charge on any atom is -0.481 e. The molecule has 0 aromatic rings. The Morgan fingerprint density at radius 2 is 1.17 bits per heavy atom. The molecule has 4 heteroatoms. The van der Waals surface area contributed by atoms with Crippen LogP contribution < -0.4 is 0 Å². The topological polar surface area (TPSA) is 74.6 Å². The molecule has 2 N–H and O–H groups in total. The lowest BCUT2D eigenvalue weighted by Crippen LogP contribution is -2.16. The fraction of sp³-hybridized carbons (Fsp3) is 0.800. The third-order valence-corrected chi connectivity index (χ3v) is 5.79. The van der Waals surface area contributed by atoms with Gasteiger partial charge in [0.25, 0.3) is 0 Å². The second kappa shape index (κ2) is 9.85. The van der Waals surface area contributed by atoms with Gasteiger partial charge in [0.15, 0.2) is 0 Å². The van der Waals surface area contributed by atoms with E-state index in [0.29, 0.717) is 17.4 Å². The normalized spacial score (nSPS) is 19.8. The highest BCUT2D eigenvalue weighted by Gasteiger charge is 2.24. The fourth-order valence-electron chi connectivity index (χ4n) is 4.48. The Labute approximate surface area is 145 Å². The molecule has 0 aliphatic heterocycles. The summed E-state index contributed by atoms with van der Waals surface area (Å²) in [5.74, 6) is -0.630. The van der Waals surface area contributed by atoms with Crippen LogP contribution in [0.2, 0.25) is 0 Å². The Hall–Kier alpha value is -1.32. The minimum absolute atomic E-state index is 0.0829. The van der Waals surface area contributed by atoms with Crippen molar-refractivity contribution in [2.75, 3.05) is 0 Å². The first-order valence-electron chi connectivity index (χ1n) is 9.72. The molecule has 0 aromatic carbocycles. The van der Waals surface area contributed by atoms with E-state index in [2.05, 4.69) is 0 Å². The van der Waals surface area contributed by atoms with Crippen molar-refractivity contribution in [1.82, 2.24) is 0 Å². The van der Waals surface area contributed by atoms with E-state index >= 15 is 0 Å². The standard InChI is InChI=1S/C20H32O4/c21-19(22)12-11-18(20(23)24)17(13-15-7-3-1-4-8-15)14-16-9-5-2-6-10-16/h15-16H,1-14H2,(H,21,22)(H,23,24). The summed E-state index contributed by atoms with van der Waals surface area (Å²) in [7, 11) is 0. The predicted octanol–water partition coefficient (Wildman–Crippen LogP) is 5.17. The molecule has 0 unspecified atom stereocenters. The van der Waals surface area contributed by atoms with Crippen LogP contribution in [0.25, 0.3) is 0 Å². The number of hydrogen-bond donors (Lipinski definition) is 2. The molecule has 2 aliphatic carbocycles. The highest BCUT2D eigenvalue weighted by atomic mass is 16.4. The highest BCUT2D eigenvalue weighted by Crippen LogP contribution is 2.36. The lowest BCUT2D eigenvalue weighted by Gasteiger charge is -2.28. The Morgan fingerprint density at radius 3 is 1.54 bits per heavy atom. The molecule has 4 nitrogen and oxygen atoms in total. The number of hydrogen-bond acceptors (Lipinski definition) is 2. The Bertz CT molecular complexity index is 432. The van der Waals surface area contributed by atoms with Gasteiger partial charge in [0.1, 0.15) is 0 Å². The van der Waals surface area contributed by atoms with E-state index < -0.39 is 11.9 Å². The second-order valence-corrected chi connectivity index (χ2v) is 7.70. The second-order valence-electron chi connectivity index (χ2n) is 7.70. The molecule has 2 aliphatic rings. The van der Waals surface area contributed by atoms with Crippen LogP contribution in [0.15, 0.2) is 11.1 Å². The molecule has 0 aromatic heterocycles. The summed E-state index contributed by atoms with van der Waals surface area (Å²) >= 11 is 0. The van der Waals surface area contributed by atoms with Crippen molar-refractivity contribution in [1.29, 1.82) is 0 Å². The molecule has 0 atom stereocenters. The Morgan fingerprint density at radius 1 is 0.708 bits per heavy atom. The van der Waals surface area contributed by atoms with Crippen LogP contribution >= 0.6 is 0 Å². The van der Waals surface area contributed by atoms with Crippen LogP contribution in [-0.4, -0.2) is 22.2 Å². The van der Waals surface area contributed by atoms with Gasteiger partial charge in [-0.25, -0.2) is 4.79 Å². The molecule has 24 heavy (non-hydrogen) atoms. The van der Waals surface area contributed by atoms with Gasteiger partial charge < -0.3 is 10.2 Å². The average Bonchev–Trinajstić information content (AvgIpc) is 2.56. The van der Waals surface area contributed by atoms with Crippen molar-refractivity contribution in [2.24, 2.45) is 11.8 Å². The number of carboxylic acids is 2. The first-order valence-corrected chi connectivity index (χ1v) is 9.72. The van der Waals surface area contributed by atoms with Gasteiger partial charge in [0.05, 0.1) is 0 Å². The van der Waals surface area contributed by atoms with Crippen molar-refractivity contribution >= 4 is 11.9 Å². The molecule has 2 fully saturated rings. The van der Waals surface area contributed by atoms with E-state index in [0.717, 1.165) is 18.4 Å². The smallest absolute Gasteiger partial charge is 0.331 e. The summed E-state index contributed by atoms with van der Waals surface area (Å²) in [5.41, 5.74) is 1.45. The number of carbonyl (C=O) groups is 2. The van der Waals surface area contributed by atoms with Crippen LogP contribution in [0.4, 0.5) is 0 Å². The maximum Gasteiger partial charge on any atom is 0.331 e. The van der Waals surface area contributed by atoms with Crippen LogP contribution in [0.5, 0.6) is 0 Å².